The summed E-state index contributed by atoms with van der Waals surface area (Å²) in [5, 5.41) is 10.9. The minimum atomic E-state index is -0.425. The van der Waals surface area contributed by atoms with Crippen LogP contribution in [0.15, 0.2) is 60.9 Å². The number of rotatable bonds is 5. The largest absolute Gasteiger partial charge is 0.269 e. The van der Waals surface area contributed by atoms with Gasteiger partial charge < -0.3 is 0 Å². The van der Waals surface area contributed by atoms with Gasteiger partial charge in [0.2, 0.25) is 0 Å². The lowest BCUT2D eigenvalue weighted by molar-refractivity contribution is -0.117. The Kier molecular flexibility index (Phi) is 5.91. The molecule has 0 saturated heterocycles. The number of hydrazine groups is 1. The van der Waals surface area contributed by atoms with Gasteiger partial charge in [-0.1, -0.05) is 38.1 Å². The van der Waals surface area contributed by atoms with Gasteiger partial charge in [-0.05, 0) is 57.8 Å². The van der Waals surface area contributed by atoms with Crippen molar-refractivity contribution in [1.82, 2.24) is 31.1 Å². The Bertz CT molecular complexity index is 961. The molecule has 28 heavy (non-hydrogen) atoms. The van der Waals surface area contributed by atoms with Crippen molar-refractivity contribution in [3.05, 3.63) is 77.6 Å². The molecule has 0 saturated carbocycles. The predicted octanol–water partition coefficient (Wildman–Crippen LogP) is 2.26. The lowest BCUT2D eigenvalue weighted by atomic mass is 10.0. The normalized spacial score (nSPS) is 11.0. The van der Waals surface area contributed by atoms with Crippen molar-refractivity contribution in [3.63, 3.8) is 0 Å². The number of nitrogens with one attached hydrogen (secondary N) is 2. The molecule has 2 N–H and O–H groups in total. The van der Waals surface area contributed by atoms with Gasteiger partial charge in [-0.3, -0.25) is 20.4 Å². The quantitative estimate of drug-likeness (QED) is 0.525. The van der Waals surface area contributed by atoms with Gasteiger partial charge >= 0.3 is 0 Å². The van der Waals surface area contributed by atoms with Crippen LogP contribution >= 0.6 is 0 Å². The zero-order valence-electron chi connectivity index (χ0n) is 15.5. The van der Waals surface area contributed by atoms with Crippen LogP contribution < -0.4 is 10.9 Å². The highest BCUT2D eigenvalue weighted by Gasteiger charge is 2.07. The third-order valence-corrected chi connectivity index (χ3v) is 4.07. The number of carbonyl (C=O) groups is 2. The van der Waals surface area contributed by atoms with Crippen LogP contribution in [0.1, 0.15) is 41.3 Å². The van der Waals surface area contributed by atoms with Crippen LogP contribution in [0.25, 0.3) is 11.8 Å². The maximum absolute atomic E-state index is 12.1. The fraction of sp³-hybridized carbons (Fsp3) is 0.150. The zero-order chi connectivity index (χ0) is 19.9. The number of benzene rings is 2. The Morgan fingerprint density at radius 3 is 2.32 bits per heavy atom. The Hall–Kier alpha value is -3.81. The van der Waals surface area contributed by atoms with E-state index in [0.717, 1.165) is 11.3 Å². The fourth-order valence-electron chi connectivity index (χ4n) is 2.44. The monoisotopic (exact) mass is 376 g/mol. The van der Waals surface area contributed by atoms with E-state index in [-0.39, 0.29) is 0 Å². The van der Waals surface area contributed by atoms with Crippen molar-refractivity contribution >= 4 is 17.9 Å². The maximum atomic E-state index is 12.1. The number of hydrogen-bond acceptors (Lipinski definition) is 5. The summed E-state index contributed by atoms with van der Waals surface area (Å²) in [6.07, 6.45) is 4.51. The summed E-state index contributed by atoms with van der Waals surface area (Å²) in [5.74, 6) is -0.392. The molecule has 0 atom stereocenters. The topological polar surface area (TPSA) is 102 Å². The smallest absolute Gasteiger partial charge is 0.268 e. The molecule has 0 aliphatic heterocycles. The standard InChI is InChI=1S/C20H20N6O2/c1-14(2)16-6-3-15(4-7-16)5-12-19(27)22-23-20(28)17-8-10-18(11-9-17)26-13-21-24-25-26/h3-14H,1-2H3,(H,22,27)(H,23,28)/b12-5+. The summed E-state index contributed by atoms with van der Waals surface area (Å²) < 4.78 is 1.47. The average Bonchev–Trinajstić information content (AvgIpc) is 3.25. The highest BCUT2D eigenvalue weighted by atomic mass is 16.2. The molecule has 0 unspecified atom stereocenters. The second kappa shape index (κ2) is 8.72. The molecule has 8 heteroatoms. The minimum absolute atomic E-state index is 0.394. The summed E-state index contributed by atoms with van der Waals surface area (Å²) in [6, 6.07) is 14.6. The minimum Gasteiger partial charge on any atom is -0.268 e. The van der Waals surface area contributed by atoms with Gasteiger partial charge in [0.25, 0.3) is 11.8 Å². The molecule has 1 aromatic heterocycles. The first kappa shape index (κ1) is 19.0. The number of aromatic nitrogens is 4. The van der Waals surface area contributed by atoms with Gasteiger partial charge in [0, 0.05) is 11.6 Å². The highest BCUT2D eigenvalue weighted by Crippen LogP contribution is 2.15. The van der Waals surface area contributed by atoms with Gasteiger partial charge in [0.05, 0.1) is 5.69 Å². The van der Waals surface area contributed by atoms with Crippen molar-refractivity contribution in [2.75, 3.05) is 0 Å². The van der Waals surface area contributed by atoms with Gasteiger partial charge in [-0.15, -0.1) is 5.10 Å². The van der Waals surface area contributed by atoms with Crippen LogP contribution in [0.2, 0.25) is 0 Å². The SMILES string of the molecule is CC(C)c1ccc(/C=C/C(=O)NNC(=O)c2ccc(-n3cnnn3)cc2)cc1. The van der Waals surface area contributed by atoms with E-state index in [2.05, 4.69) is 40.2 Å². The summed E-state index contributed by atoms with van der Waals surface area (Å²) in [4.78, 5) is 24.0. The van der Waals surface area contributed by atoms with E-state index in [1.54, 1.807) is 30.3 Å². The number of hydrogen-bond donors (Lipinski definition) is 2. The van der Waals surface area contributed by atoms with E-state index in [1.165, 1.54) is 22.6 Å². The first-order chi connectivity index (χ1) is 13.5. The zero-order valence-corrected chi connectivity index (χ0v) is 15.5. The summed E-state index contributed by atoms with van der Waals surface area (Å²) in [6.45, 7) is 4.25. The van der Waals surface area contributed by atoms with Crippen LogP contribution in [-0.2, 0) is 4.79 Å². The first-order valence-electron chi connectivity index (χ1n) is 8.75. The van der Waals surface area contributed by atoms with Crippen LogP contribution in [0.3, 0.4) is 0 Å². The van der Waals surface area contributed by atoms with E-state index in [4.69, 9.17) is 0 Å². The van der Waals surface area contributed by atoms with E-state index in [1.807, 2.05) is 24.3 Å². The molecule has 3 rings (SSSR count). The molecule has 0 spiro atoms. The van der Waals surface area contributed by atoms with Gasteiger partial charge in [0.1, 0.15) is 6.33 Å². The predicted molar refractivity (Wildman–Crippen MR) is 104 cm³/mol. The van der Waals surface area contributed by atoms with Gasteiger partial charge in [-0.25, -0.2) is 4.68 Å². The van der Waals surface area contributed by atoms with Crippen molar-refractivity contribution in [3.8, 4) is 5.69 Å². The first-order valence-corrected chi connectivity index (χ1v) is 8.75. The summed E-state index contributed by atoms with van der Waals surface area (Å²) >= 11 is 0. The summed E-state index contributed by atoms with van der Waals surface area (Å²) in [5.41, 5.74) is 7.99. The lowest BCUT2D eigenvalue weighted by Crippen LogP contribution is -2.40. The molecule has 3 aromatic rings. The Labute approximate surface area is 162 Å². The lowest BCUT2D eigenvalue weighted by Gasteiger charge is -2.06. The fourth-order valence-corrected chi connectivity index (χ4v) is 2.44. The van der Waals surface area contributed by atoms with E-state index in [0.29, 0.717) is 11.5 Å². The van der Waals surface area contributed by atoms with Crippen LogP contribution in [-0.4, -0.2) is 32.0 Å². The second-order valence-electron chi connectivity index (χ2n) is 6.40. The molecule has 0 radical (unpaired) electrons. The molecule has 1 heterocycles. The molecule has 0 bridgehead atoms. The molecular weight excluding hydrogens is 356 g/mol. The third kappa shape index (κ3) is 4.88. The summed E-state index contributed by atoms with van der Waals surface area (Å²) in [7, 11) is 0. The second-order valence-corrected chi connectivity index (χ2v) is 6.40. The third-order valence-electron chi connectivity index (χ3n) is 4.07. The highest BCUT2D eigenvalue weighted by molar-refractivity contribution is 5.98. The van der Waals surface area contributed by atoms with Crippen LogP contribution in [0.5, 0.6) is 0 Å². The Morgan fingerprint density at radius 1 is 1.00 bits per heavy atom. The van der Waals surface area contributed by atoms with E-state index < -0.39 is 11.8 Å². The van der Waals surface area contributed by atoms with Gasteiger partial charge in [-0.2, -0.15) is 0 Å². The van der Waals surface area contributed by atoms with Crippen molar-refractivity contribution in [2.45, 2.75) is 19.8 Å². The average molecular weight is 376 g/mol. The maximum Gasteiger partial charge on any atom is 0.269 e. The Morgan fingerprint density at radius 2 is 1.71 bits per heavy atom. The molecule has 2 aromatic carbocycles. The van der Waals surface area contributed by atoms with Gasteiger partial charge in [0.15, 0.2) is 0 Å². The number of amides is 2. The molecular formula is C20H20N6O2. The molecule has 0 fully saturated rings. The molecule has 0 aliphatic rings. The van der Waals surface area contributed by atoms with Crippen LogP contribution in [0.4, 0.5) is 0 Å². The number of tetrazole rings is 1. The molecule has 142 valence electrons. The van der Waals surface area contributed by atoms with Crippen molar-refractivity contribution in [2.24, 2.45) is 0 Å². The van der Waals surface area contributed by atoms with E-state index in [9.17, 15) is 9.59 Å². The Balaban J connectivity index is 1.51. The van der Waals surface area contributed by atoms with Crippen molar-refractivity contribution < 1.29 is 9.59 Å². The van der Waals surface area contributed by atoms with Crippen LogP contribution in [0, 0.1) is 0 Å². The molecule has 0 aliphatic carbocycles. The molecule has 2 amide bonds. The number of nitrogens with zero attached hydrogens (tertiary/aromatic N) is 4. The number of carbonyl (C=O) groups excluding carboxylic acids is 2. The van der Waals surface area contributed by atoms with Crippen molar-refractivity contribution in [1.29, 1.82) is 0 Å². The molecule has 8 nitrogen and oxygen atoms in total. The van der Waals surface area contributed by atoms with E-state index >= 15 is 0 Å².